The molecule has 26 heavy (non-hydrogen) atoms. The SMILES string of the molecule is O=C(O)[C@@H]1CN(CCCc2nc(-c3ccccc3)no2)C[C@H]1C(F)(F)F. The number of carboxylic acids is 1. The van der Waals surface area contributed by atoms with E-state index in [4.69, 9.17) is 9.63 Å². The van der Waals surface area contributed by atoms with Crippen molar-refractivity contribution in [2.45, 2.75) is 19.0 Å². The molecule has 140 valence electrons. The van der Waals surface area contributed by atoms with Crippen LogP contribution >= 0.6 is 0 Å². The summed E-state index contributed by atoms with van der Waals surface area (Å²) in [6, 6.07) is 9.28. The summed E-state index contributed by atoms with van der Waals surface area (Å²) in [5, 5.41) is 12.9. The molecule has 2 heterocycles. The van der Waals surface area contributed by atoms with Crippen molar-refractivity contribution in [2.24, 2.45) is 11.8 Å². The van der Waals surface area contributed by atoms with Crippen LogP contribution in [-0.2, 0) is 11.2 Å². The van der Waals surface area contributed by atoms with Crippen LogP contribution in [0.1, 0.15) is 12.3 Å². The smallest absolute Gasteiger partial charge is 0.393 e. The zero-order valence-corrected chi connectivity index (χ0v) is 13.8. The van der Waals surface area contributed by atoms with Gasteiger partial charge < -0.3 is 14.5 Å². The van der Waals surface area contributed by atoms with Crippen LogP contribution in [-0.4, -0.2) is 51.9 Å². The second-order valence-electron chi connectivity index (χ2n) is 6.33. The Morgan fingerprint density at radius 2 is 2.00 bits per heavy atom. The van der Waals surface area contributed by atoms with Crippen molar-refractivity contribution < 1.29 is 27.6 Å². The summed E-state index contributed by atoms with van der Waals surface area (Å²) in [7, 11) is 0. The highest BCUT2D eigenvalue weighted by Crippen LogP contribution is 2.37. The Morgan fingerprint density at radius 3 is 2.62 bits per heavy atom. The van der Waals surface area contributed by atoms with Crippen LogP contribution in [0.2, 0.25) is 0 Å². The molecule has 0 amide bonds. The van der Waals surface area contributed by atoms with Crippen LogP contribution in [0, 0.1) is 11.8 Å². The molecule has 1 aromatic carbocycles. The van der Waals surface area contributed by atoms with Crippen molar-refractivity contribution in [1.82, 2.24) is 15.0 Å². The van der Waals surface area contributed by atoms with E-state index >= 15 is 0 Å². The summed E-state index contributed by atoms with van der Waals surface area (Å²) < 4.78 is 44.1. The molecule has 1 aromatic heterocycles. The van der Waals surface area contributed by atoms with E-state index in [9.17, 15) is 18.0 Å². The monoisotopic (exact) mass is 369 g/mol. The van der Waals surface area contributed by atoms with E-state index in [1.54, 1.807) is 0 Å². The lowest BCUT2D eigenvalue weighted by atomic mass is 9.96. The fourth-order valence-corrected chi connectivity index (χ4v) is 3.16. The van der Waals surface area contributed by atoms with E-state index in [1.807, 2.05) is 30.3 Å². The number of nitrogens with zero attached hydrogens (tertiary/aromatic N) is 3. The number of hydrogen-bond donors (Lipinski definition) is 1. The Hall–Kier alpha value is -2.42. The Balaban J connectivity index is 1.53. The largest absolute Gasteiger partial charge is 0.481 e. The molecular weight excluding hydrogens is 351 g/mol. The number of carboxylic acid groups (broad SMARTS) is 1. The zero-order chi connectivity index (χ0) is 18.7. The zero-order valence-electron chi connectivity index (χ0n) is 13.8. The minimum absolute atomic E-state index is 0.0986. The van der Waals surface area contributed by atoms with E-state index < -0.39 is 24.0 Å². The first-order valence-electron chi connectivity index (χ1n) is 8.24. The van der Waals surface area contributed by atoms with E-state index in [0.717, 1.165) is 5.56 Å². The third-order valence-corrected chi connectivity index (χ3v) is 4.50. The maximum absolute atomic E-state index is 13.0. The predicted molar refractivity (Wildman–Crippen MR) is 85.2 cm³/mol. The Bertz CT molecular complexity index is 748. The van der Waals surface area contributed by atoms with Crippen molar-refractivity contribution in [3.63, 3.8) is 0 Å². The quantitative estimate of drug-likeness (QED) is 0.844. The highest BCUT2D eigenvalue weighted by molar-refractivity contribution is 5.71. The lowest BCUT2D eigenvalue weighted by molar-refractivity contribution is -0.188. The van der Waals surface area contributed by atoms with Crippen LogP contribution in [0.5, 0.6) is 0 Å². The number of hydrogen-bond acceptors (Lipinski definition) is 5. The summed E-state index contributed by atoms with van der Waals surface area (Å²) >= 11 is 0. The highest BCUT2D eigenvalue weighted by atomic mass is 19.4. The molecule has 1 fully saturated rings. The summed E-state index contributed by atoms with van der Waals surface area (Å²) in [5.74, 6) is -3.77. The van der Waals surface area contributed by atoms with Crippen LogP contribution in [0.4, 0.5) is 13.2 Å². The molecule has 9 heteroatoms. The molecule has 0 saturated carbocycles. The molecular formula is C17H18F3N3O3. The third kappa shape index (κ3) is 4.21. The molecule has 1 aliphatic rings. The van der Waals surface area contributed by atoms with E-state index in [0.29, 0.717) is 31.1 Å². The molecule has 0 radical (unpaired) electrons. The first kappa shape index (κ1) is 18.4. The van der Waals surface area contributed by atoms with Gasteiger partial charge in [-0.25, -0.2) is 0 Å². The molecule has 0 unspecified atom stereocenters. The lowest BCUT2D eigenvalue weighted by Gasteiger charge is -2.18. The second kappa shape index (κ2) is 7.45. The maximum atomic E-state index is 13.0. The van der Waals surface area contributed by atoms with Gasteiger partial charge in [-0.05, 0) is 13.0 Å². The van der Waals surface area contributed by atoms with E-state index in [1.165, 1.54) is 4.90 Å². The summed E-state index contributed by atoms with van der Waals surface area (Å²) in [4.78, 5) is 16.9. The van der Waals surface area contributed by atoms with Gasteiger partial charge in [-0.3, -0.25) is 4.79 Å². The number of rotatable bonds is 6. The van der Waals surface area contributed by atoms with Gasteiger partial charge in [0.1, 0.15) is 0 Å². The normalized spacial score (nSPS) is 21.2. The number of likely N-dealkylation sites (tertiary alicyclic amines) is 1. The summed E-state index contributed by atoms with van der Waals surface area (Å²) in [5.41, 5.74) is 0.819. The van der Waals surface area contributed by atoms with Gasteiger partial charge in [0.15, 0.2) is 0 Å². The van der Waals surface area contributed by atoms with Gasteiger partial charge >= 0.3 is 12.1 Å². The van der Waals surface area contributed by atoms with Crippen LogP contribution in [0.25, 0.3) is 11.4 Å². The minimum atomic E-state index is -4.51. The Labute approximate surface area is 147 Å². The maximum Gasteiger partial charge on any atom is 0.393 e. The fourth-order valence-electron chi connectivity index (χ4n) is 3.16. The van der Waals surface area contributed by atoms with Gasteiger partial charge in [-0.15, -0.1) is 0 Å². The van der Waals surface area contributed by atoms with E-state index in [-0.39, 0.29) is 13.1 Å². The topological polar surface area (TPSA) is 79.5 Å². The van der Waals surface area contributed by atoms with Crippen molar-refractivity contribution in [3.05, 3.63) is 36.2 Å². The number of aromatic nitrogens is 2. The highest BCUT2D eigenvalue weighted by Gasteiger charge is 2.52. The molecule has 2 aromatic rings. The molecule has 0 spiro atoms. The van der Waals surface area contributed by atoms with Crippen molar-refractivity contribution >= 4 is 5.97 Å². The molecule has 1 saturated heterocycles. The number of halogens is 3. The van der Waals surface area contributed by atoms with E-state index in [2.05, 4.69) is 10.1 Å². The predicted octanol–water partition coefficient (Wildman–Crippen LogP) is 2.86. The molecule has 0 aliphatic carbocycles. The summed E-state index contributed by atoms with van der Waals surface area (Å²) in [6.07, 6.45) is -3.58. The number of carbonyl (C=O) groups is 1. The third-order valence-electron chi connectivity index (χ3n) is 4.50. The molecule has 2 atom stereocenters. The second-order valence-corrected chi connectivity index (χ2v) is 6.33. The molecule has 3 rings (SSSR count). The summed E-state index contributed by atoms with van der Waals surface area (Å²) in [6.45, 7) is -0.0441. The first-order valence-corrected chi connectivity index (χ1v) is 8.24. The van der Waals surface area contributed by atoms with Crippen LogP contribution < -0.4 is 0 Å². The first-order chi connectivity index (χ1) is 12.3. The van der Waals surface area contributed by atoms with Crippen molar-refractivity contribution in [2.75, 3.05) is 19.6 Å². The standard InChI is InChI=1S/C17H18F3N3O3/c18-17(19,20)13-10-23(9-12(13)16(24)25)8-4-7-14-21-15(22-26-14)11-5-2-1-3-6-11/h1-3,5-6,12-13H,4,7-10H2,(H,24,25)/t12-,13-/m1/s1. The van der Waals surface area contributed by atoms with Gasteiger partial charge in [-0.1, -0.05) is 35.5 Å². The van der Waals surface area contributed by atoms with Crippen LogP contribution in [0.3, 0.4) is 0 Å². The number of alkyl halides is 3. The number of aryl methyl sites for hydroxylation is 1. The van der Waals surface area contributed by atoms with Gasteiger partial charge in [0.2, 0.25) is 11.7 Å². The average Bonchev–Trinajstić information content (AvgIpc) is 3.22. The average molecular weight is 369 g/mol. The fraction of sp³-hybridized carbons (Fsp3) is 0.471. The molecule has 1 N–H and O–H groups in total. The van der Waals surface area contributed by atoms with Crippen molar-refractivity contribution in [1.29, 1.82) is 0 Å². The van der Waals surface area contributed by atoms with Crippen molar-refractivity contribution in [3.8, 4) is 11.4 Å². The van der Waals surface area contributed by atoms with Gasteiger partial charge in [0.05, 0.1) is 11.8 Å². The minimum Gasteiger partial charge on any atom is -0.481 e. The van der Waals surface area contributed by atoms with Gasteiger partial charge in [0, 0.05) is 25.1 Å². The number of aliphatic carboxylic acids is 1. The van der Waals surface area contributed by atoms with Gasteiger partial charge in [0.25, 0.3) is 0 Å². The number of benzene rings is 1. The molecule has 1 aliphatic heterocycles. The molecule has 0 bridgehead atoms. The Morgan fingerprint density at radius 1 is 1.27 bits per heavy atom. The lowest BCUT2D eigenvalue weighted by Crippen LogP contribution is -2.33. The van der Waals surface area contributed by atoms with Gasteiger partial charge in [-0.2, -0.15) is 18.2 Å². The molecule has 6 nitrogen and oxygen atoms in total. The van der Waals surface area contributed by atoms with Crippen LogP contribution in [0.15, 0.2) is 34.9 Å². The Kier molecular flexibility index (Phi) is 5.26.